The smallest absolute Gasteiger partial charge is 0.123 e. The number of aryl methyl sites for hydroxylation is 1. The second kappa shape index (κ2) is 6.02. The summed E-state index contributed by atoms with van der Waals surface area (Å²) < 4.78 is 19.4. The van der Waals surface area contributed by atoms with Gasteiger partial charge >= 0.3 is 0 Å². The zero-order valence-electron chi connectivity index (χ0n) is 12.1. The Bertz CT molecular complexity index is 403. The molecule has 3 heteroatoms. The van der Waals surface area contributed by atoms with Gasteiger partial charge in [-0.25, -0.2) is 4.39 Å². The Morgan fingerprint density at radius 3 is 2.58 bits per heavy atom. The highest BCUT2D eigenvalue weighted by Gasteiger charge is 2.45. The maximum atomic E-state index is 13.7. The Morgan fingerprint density at radius 2 is 2.11 bits per heavy atom. The van der Waals surface area contributed by atoms with Gasteiger partial charge in [-0.1, -0.05) is 13.0 Å². The van der Waals surface area contributed by atoms with Gasteiger partial charge in [0.2, 0.25) is 0 Å². The van der Waals surface area contributed by atoms with E-state index in [1.807, 2.05) is 6.92 Å². The first-order valence-electron chi connectivity index (χ1n) is 7.17. The first-order chi connectivity index (χ1) is 9.11. The van der Waals surface area contributed by atoms with Crippen molar-refractivity contribution in [3.63, 3.8) is 0 Å². The predicted molar refractivity (Wildman–Crippen MR) is 75.8 cm³/mol. The van der Waals surface area contributed by atoms with E-state index >= 15 is 0 Å². The summed E-state index contributed by atoms with van der Waals surface area (Å²) >= 11 is 0. The number of benzene rings is 1. The van der Waals surface area contributed by atoms with Gasteiger partial charge in [-0.3, -0.25) is 0 Å². The average molecular weight is 265 g/mol. The normalized spacial score (nSPS) is 18.9. The molecule has 0 spiro atoms. The third-order valence-electron chi connectivity index (χ3n) is 4.13. The van der Waals surface area contributed by atoms with Crippen LogP contribution >= 0.6 is 0 Å². The largest absolute Gasteiger partial charge is 0.376 e. The summed E-state index contributed by atoms with van der Waals surface area (Å²) in [5.41, 5.74) is 1.81. The molecule has 1 N–H and O–H groups in total. The summed E-state index contributed by atoms with van der Waals surface area (Å²) in [5.74, 6) is -0.163. The molecule has 1 aliphatic carbocycles. The molecular weight excluding hydrogens is 241 g/mol. The number of hydrogen-bond donors (Lipinski definition) is 1. The molecule has 0 saturated heterocycles. The van der Waals surface area contributed by atoms with Crippen LogP contribution in [0.5, 0.6) is 0 Å². The number of hydrogen-bond acceptors (Lipinski definition) is 2. The second-order valence-corrected chi connectivity index (χ2v) is 5.57. The van der Waals surface area contributed by atoms with Crippen molar-refractivity contribution in [2.24, 2.45) is 0 Å². The van der Waals surface area contributed by atoms with Gasteiger partial charge in [0, 0.05) is 7.11 Å². The minimum absolute atomic E-state index is 0.0839. The number of halogens is 1. The van der Waals surface area contributed by atoms with Crippen LogP contribution in [0.15, 0.2) is 18.2 Å². The molecule has 0 heterocycles. The van der Waals surface area contributed by atoms with Gasteiger partial charge in [-0.2, -0.15) is 0 Å². The molecule has 1 unspecified atom stereocenters. The third-order valence-corrected chi connectivity index (χ3v) is 4.13. The summed E-state index contributed by atoms with van der Waals surface area (Å²) in [4.78, 5) is 0. The van der Waals surface area contributed by atoms with Gasteiger partial charge in [0.05, 0.1) is 11.6 Å². The Morgan fingerprint density at radius 1 is 1.37 bits per heavy atom. The molecule has 1 aliphatic rings. The van der Waals surface area contributed by atoms with Crippen molar-refractivity contribution in [2.45, 2.75) is 51.2 Å². The molecule has 0 aromatic heterocycles. The SMILES string of the molecule is CCCNC(c1cc(C)cc(F)c1)C1(OC)CCC1. The van der Waals surface area contributed by atoms with Crippen LogP contribution in [-0.2, 0) is 4.74 Å². The molecule has 1 saturated carbocycles. The summed E-state index contributed by atoms with van der Waals surface area (Å²) in [6.45, 7) is 5.00. The highest BCUT2D eigenvalue weighted by atomic mass is 19.1. The minimum Gasteiger partial charge on any atom is -0.376 e. The van der Waals surface area contributed by atoms with E-state index in [0.29, 0.717) is 0 Å². The van der Waals surface area contributed by atoms with Crippen molar-refractivity contribution in [2.75, 3.05) is 13.7 Å². The second-order valence-electron chi connectivity index (χ2n) is 5.57. The highest BCUT2D eigenvalue weighted by Crippen LogP contribution is 2.45. The summed E-state index contributed by atoms with van der Waals surface area (Å²) in [5, 5.41) is 3.54. The van der Waals surface area contributed by atoms with Crippen molar-refractivity contribution < 1.29 is 9.13 Å². The van der Waals surface area contributed by atoms with Crippen LogP contribution in [0.25, 0.3) is 0 Å². The fourth-order valence-corrected chi connectivity index (χ4v) is 2.96. The van der Waals surface area contributed by atoms with E-state index < -0.39 is 0 Å². The van der Waals surface area contributed by atoms with E-state index in [-0.39, 0.29) is 17.5 Å². The van der Waals surface area contributed by atoms with E-state index in [0.717, 1.165) is 36.9 Å². The summed E-state index contributed by atoms with van der Waals surface area (Å²) in [7, 11) is 1.77. The molecule has 2 nitrogen and oxygen atoms in total. The molecule has 106 valence electrons. The standard InChI is InChI=1S/C16H24FNO/c1-4-8-18-15(16(19-3)6-5-7-16)13-9-12(2)10-14(17)11-13/h9-11,15,18H,4-8H2,1-3H3. The van der Waals surface area contributed by atoms with Crippen LogP contribution in [-0.4, -0.2) is 19.3 Å². The average Bonchev–Trinajstić information content (AvgIpc) is 2.31. The summed E-state index contributed by atoms with van der Waals surface area (Å²) in [6, 6.07) is 5.36. The molecule has 19 heavy (non-hydrogen) atoms. The molecule has 1 fully saturated rings. The van der Waals surface area contributed by atoms with Crippen LogP contribution in [0.1, 0.15) is 49.8 Å². The van der Waals surface area contributed by atoms with Crippen LogP contribution in [0, 0.1) is 12.7 Å². The predicted octanol–water partition coefficient (Wildman–Crippen LogP) is 3.74. The molecule has 0 aliphatic heterocycles. The first-order valence-corrected chi connectivity index (χ1v) is 7.17. The van der Waals surface area contributed by atoms with E-state index in [1.54, 1.807) is 19.2 Å². The van der Waals surface area contributed by atoms with Gasteiger partial charge in [0.15, 0.2) is 0 Å². The van der Waals surface area contributed by atoms with Gasteiger partial charge in [-0.15, -0.1) is 0 Å². The van der Waals surface area contributed by atoms with Crippen LogP contribution < -0.4 is 5.32 Å². The molecule has 0 bridgehead atoms. The monoisotopic (exact) mass is 265 g/mol. The lowest BCUT2D eigenvalue weighted by atomic mass is 9.72. The Labute approximate surface area is 115 Å². The van der Waals surface area contributed by atoms with E-state index in [1.165, 1.54) is 6.42 Å². The molecular formula is C16H24FNO. The van der Waals surface area contributed by atoms with Crippen molar-refractivity contribution in [3.8, 4) is 0 Å². The lowest BCUT2D eigenvalue weighted by molar-refractivity contribution is -0.0998. The Hall–Kier alpha value is -0.930. The van der Waals surface area contributed by atoms with Gasteiger partial charge in [0.1, 0.15) is 5.82 Å². The molecule has 2 rings (SSSR count). The fraction of sp³-hybridized carbons (Fsp3) is 0.625. The molecule has 1 atom stereocenters. The zero-order valence-corrected chi connectivity index (χ0v) is 12.1. The van der Waals surface area contributed by atoms with Crippen LogP contribution in [0.4, 0.5) is 4.39 Å². The quantitative estimate of drug-likeness (QED) is 0.846. The summed E-state index contributed by atoms with van der Waals surface area (Å²) in [6.07, 6.45) is 4.33. The first kappa shape index (κ1) is 14.5. The maximum absolute atomic E-state index is 13.7. The van der Waals surface area contributed by atoms with E-state index in [4.69, 9.17) is 4.74 Å². The van der Waals surface area contributed by atoms with Crippen molar-refractivity contribution in [3.05, 3.63) is 35.1 Å². The van der Waals surface area contributed by atoms with Gasteiger partial charge in [-0.05, 0) is 62.4 Å². The minimum atomic E-state index is -0.163. The van der Waals surface area contributed by atoms with Crippen molar-refractivity contribution in [1.82, 2.24) is 5.32 Å². The van der Waals surface area contributed by atoms with Crippen molar-refractivity contribution in [1.29, 1.82) is 0 Å². The van der Waals surface area contributed by atoms with Crippen LogP contribution in [0.3, 0.4) is 0 Å². The lowest BCUT2D eigenvalue weighted by Gasteiger charge is -2.47. The van der Waals surface area contributed by atoms with Crippen molar-refractivity contribution >= 4 is 0 Å². The number of nitrogens with one attached hydrogen (secondary N) is 1. The molecule has 1 aromatic rings. The molecule has 1 aromatic carbocycles. The Kier molecular flexibility index (Phi) is 4.58. The van der Waals surface area contributed by atoms with E-state index in [9.17, 15) is 4.39 Å². The maximum Gasteiger partial charge on any atom is 0.123 e. The van der Waals surface area contributed by atoms with Gasteiger partial charge in [0.25, 0.3) is 0 Å². The molecule has 0 radical (unpaired) electrons. The van der Waals surface area contributed by atoms with Crippen LogP contribution in [0.2, 0.25) is 0 Å². The lowest BCUT2D eigenvalue weighted by Crippen LogP contribution is -2.50. The Balaban J connectivity index is 2.30. The number of methoxy groups -OCH3 is 1. The zero-order chi connectivity index (χ0) is 13.9. The molecule has 0 amide bonds. The van der Waals surface area contributed by atoms with E-state index in [2.05, 4.69) is 18.3 Å². The highest BCUT2D eigenvalue weighted by molar-refractivity contribution is 5.29. The topological polar surface area (TPSA) is 21.3 Å². The number of ether oxygens (including phenoxy) is 1. The fourth-order valence-electron chi connectivity index (χ4n) is 2.96. The third kappa shape index (κ3) is 2.98. The number of rotatable bonds is 6. The van der Waals surface area contributed by atoms with Gasteiger partial charge < -0.3 is 10.1 Å².